The van der Waals surface area contributed by atoms with Crippen molar-refractivity contribution in [2.45, 2.75) is 41.5 Å². The predicted octanol–water partition coefficient (Wildman–Crippen LogP) is 4.38. The monoisotopic (exact) mass is 288 g/mol. The Morgan fingerprint density at radius 1 is 0.385 bits per heavy atom. The van der Waals surface area contributed by atoms with E-state index < -0.39 is 0 Å². The molecule has 0 N–H and O–H groups in total. The van der Waals surface area contributed by atoms with Gasteiger partial charge in [0.2, 0.25) is 0 Å². The van der Waals surface area contributed by atoms with Crippen LogP contribution in [0.15, 0.2) is 36.4 Å². The molecule has 0 amide bonds. The minimum atomic E-state index is 0. The van der Waals surface area contributed by atoms with E-state index in [9.17, 15) is 0 Å². The molecule has 1 rings (SSSR count). The third-order valence-corrected chi connectivity index (χ3v) is 0.667. The van der Waals surface area contributed by atoms with Gasteiger partial charge in [-0.05, 0) is 0 Å². The Morgan fingerprint density at radius 3 is 0.538 bits per heavy atom. The van der Waals surface area contributed by atoms with Gasteiger partial charge in [0.25, 0.3) is 0 Å². The van der Waals surface area contributed by atoms with Crippen LogP contribution in [0.25, 0.3) is 0 Å². The van der Waals surface area contributed by atoms with Crippen LogP contribution in [0.4, 0.5) is 0 Å². The van der Waals surface area contributed by atoms with Gasteiger partial charge in [0, 0.05) is 23.9 Å². The third-order valence-electron chi connectivity index (χ3n) is 0.667. The molecule has 0 saturated heterocycles. The van der Waals surface area contributed by atoms with Gasteiger partial charge >= 0.3 is 0 Å². The van der Waals surface area contributed by atoms with Crippen LogP contribution in [-0.2, 0) is 0 Å². The summed E-state index contributed by atoms with van der Waals surface area (Å²) in [5.41, 5.74) is 0. The first-order valence-electron chi connectivity index (χ1n) is 5.00. The summed E-state index contributed by atoms with van der Waals surface area (Å²) in [7, 11) is 0. The second kappa shape index (κ2) is 40.3. The Balaban J connectivity index is -0.0000000508. The van der Waals surface area contributed by atoms with E-state index >= 15 is 0 Å². The summed E-state index contributed by atoms with van der Waals surface area (Å²) in [6.45, 7) is 12.0. The second-order valence-electron chi connectivity index (χ2n) is 1.15. The second-order valence-corrected chi connectivity index (χ2v) is 1.15. The van der Waals surface area contributed by atoms with Gasteiger partial charge in [0.05, 0.1) is 0 Å². The van der Waals surface area contributed by atoms with Crippen molar-refractivity contribution in [3.8, 4) is 0 Å². The van der Waals surface area contributed by atoms with Gasteiger partial charge < -0.3 is 0 Å². The number of hydrogen-bond donors (Lipinski definition) is 0. The molecule has 0 atom stereocenters. The number of rotatable bonds is 0. The largest absolute Gasteiger partial charge is 0.0683 e. The fraction of sp³-hybridized carbons (Fsp3) is 0.500. The Hall–Kier alpha value is 0.0187. The standard InChI is InChI=1S/C6H6.3C2H6.Sn/c1-2-4-6-5-3-1;3*1-2;/h1-6H;3*1-2H3;. The van der Waals surface area contributed by atoms with Gasteiger partial charge in [-0.3, -0.25) is 0 Å². The molecule has 0 fully saturated rings. The molecule has 0 bridgehead atoms. The Labute approximate surface area is 102 Å². The first-order valence-corrected chi connectivity index (χ1v) is 5.00. The molecular weight excluding hydrogens is 263 g/mol. The summed E-state index contributed by atoms with van der Waals surface area (Å²) < 4.78 is 0. The normalized spacial score (nSPS) is 5.08. The summed E-state index contributed by atoms with van der Waals surface area (Å²) in [6, 6.07) is 12.0. The number of benzene rings is 1. The first kappa shape index (κ1) is 23.1. The summed E-state index contributed by atoms with van der Waals surface area (Å²) in [4.78, 5) is 0. The molecule has 1 aromatic carbocycles. The van der Waals surface area contributed by atoms with E-state index in [-0.39, 0.29) is 23.9 Å². The van der Waals surface area contributed by atoms with Gasteiger partial charge in [-0.15, -0.1) is 0 Å². The molecule has 0 unspecified atom stereocenters. The van der Waals surface area contributed by atoms with Crippen LogP contribution in [0, 0.1) is 0 Å². The molecule has 0 aliphatic rings. The van der Waals surface area contributed by atoms with Crippen LogP contribution in [0.1, 0.15) is 41.5 Å². The van der Waals surface area contributed by atoms with Crippen molar-refractivity contribution in [1.82, 2.24) is 0 Å². The molecular formula is C12H24Sn. The maximum absolute atomic E-state index is 2.00. The minimum absolute atomic E-state index is 0. The topological polar surface area (TPSA) is 0 Å². The molecule has 1 heteroatoms. The molecule has 0 saturated carbocycles. The Bertz CT molecular complexity index is 77.0. The van der Waals surface area contributed by atoms with Crippen LogP contribution in [-0.4, -0.2) is 23.9 Å². The van der Waals surface area contributed by atoms with Gasteiger partial charge in [-0.1, -0.05) is 77.9 Å². The zero-order valence-electron chi connectivity index (χ0n) is 9.96. The first-order chi connectivity index (χ1) is 6.00. The Kier molecular flexibility index (Phi) is 71.6. The van der Waals surface area contributed by atoms with Crippen LogP contribution in [0.5, 0.6) is 0 Å². The van der Waals surface area contributed by atoms with E-state index in [4.69, 9.17) is 0 Å². The molecule has 0 spiro atoms. The smallest absolute Gasteiger partial charge is 0 e. The predicted molar refractivity (Wildman–Crippen MR) is 66.2 cm³/mol. The maximum atomic E-state index is 2.00. The molecule has 0 aliphatic carbocycles. The van der Waals surface area contributed by atoms with Crippen molar-refractivity contribution < 1.29 is 0 Å². The van der Waals surface area contributed by atoms with Crippen LogP contribution in [0.3, 0.4) is 0 Å². The fourth-order valence-electron chi connectivity index (χ4n) is 0.385. The maximum Gasteiger partial charge on any atom is 0 e. The van der Waals surface area contributed by atoms with Crippen molar-refractivity contribution in [2.75, 3.05) is 0 Å². The van der Waals surface area contributed by atoms with E-state index in [1.54, 1.807) is 0 Å². The van der Waals surface area contributed by atoms with E-state index in [1.165, 1.54) is 0 Å². The van der Waals surface area contributed by atoms with E-state index in [0.29, 0.717) is 0 Å². The average molecular weight is 287 g/mol. The van der Waals surface area contributed by atoms with E-state index in [0.717, 1.165) is 0 Å². The summed E-state index contributed by atoms with van der Waals surface area (Å²) >= 11 is 0. The van der Waals surface area contributed by atoms with Crippen LogP contribution in [0.2, 0.25) is 0 Å². The van der Waals surface area contributed by atoms with Crippen molar-refractivity contribution in [3.63, 3.8) is 0 Å². The molecule has 1 aromatic rings. The van der Waals surface area contributed by atoms with E-state index in [2.05, 4.69) is 0 Å². The summed E-state index contributed by atoms with van der Waals surface area (Å²) in [5, 5.41) is 0. The van der Waals surface area contributed by atoms with Crippen molar-refractivity contribution in [3.05, 3.63) is 36.4 Å². The molecule has 13 heavy (non-hydrogen) atoms. The van der Waals surface area contributed by atoms with Crippen molar-refractivity contribution >= 4 is 23.9 Å². The number of hydrogen-bond acceptors (Lipinski definition) is 0. The minimum Gasteiger partial charge on any atom is -0.0683 e. The Morgan fingerprint density at radius 2 is 0.462 bits per heavy atom. The zero-order chi connectivity index (χ0) is 10.2. The van der Waals surface area contributed by atoms with Gasteiger partial charge in [0.1, 0.15) is 0 Å². The van der Waals surface area contributed by atoms with Gasteiger partial charge in [-0.2, -0.15) is 0 Å². The van der Waals surface area contributed by atoms with E-state index in [1.807, 2.05) is 77.9 Å². The summed E-state index contributed by atoms with van der Waals surface area (Å²) in [6.07, 6.45) is 0. The zero-order valence-corrected chi connectivity index (χ0v) is 12.8. The molecule has 76 valence electrons. The fourth-order valence-corrected chi connectivity index (χ4v) is 0.385. The van der Waals surface area contributed by atoms with Crippen molar-refractivity contribution in [2.24, 2.45) is 0 Å². The van der Waals surface area contributed by atoms with Gasteiger partial charge in [-0.25, -0.2) is 0 Å². The van der Waals surface area contributed by atoms with Crippen LogP contribution >= 0.6 is 0 Å². The molecule has 0 heterocycles. The average Bonchev–Trinajstić information content (AvgIpc) is 2.29. The molecule has 0 nitrogen and oxygen atoms in total. The SMILES string of the molecule is CC.CC.CC.[Sn].c1ccccc1. The molecule has 0 aliphatic heterocycles. The quantitative estimate of drug-likeness (QED) is 0.621. The van der Waals surface area contributed by atoms with Crippen molar-refractivity contribution in [1.29, 1.82) is 0 Å². The molecule has 4 radical (unpaired) electrons. The van der Waals surface area contributed by atoms with Crippen LogP contribution < -0.4 is 0 Å². The third kappa shape index (κ3) is 33.3. The molecule has 0 aromatic heterocycles. The summed E-state index contributed by atoms with van der Waals surface area (Å²) in [5.74, 6) is 0. The van der Waals surface area contributed by atoms with Gasteiger partial charge in [0.15, 0.2) is 0 Å².